The lowest BCUT2D eigenvalue weighted by Crippen LogP contribution is -2.30. The molecule has 0 bridgehead atoms. The van der Waals surface area contributed by atoms with Crippen LogP contribution in [0.3, 0.4) is 0 Å². The summed E-state index contributed by atoms with van der Waals surface area (Å²) in [7, 11) is -4.03. The molecular formula is C19H18N2O6S. The van der Waals surface area contributed by atoms with Gasteiger partial charge in [0.05, 0.1) is 36.5 Å². The minimum absolute atomic E-state index is 0.212. The molecule has 1 fully saturated rings. The Morgan fingerprint density at radius 1 is 1.11 bits per heavy atom. The molecule has 4 rings (SSSR count). The van der Waals surface area contributed by atoms with E-state index in [-0.39, 0.29) is 17.5 Å². The summed E-state index contributed by atoms with van der Waals surface area (Å²) >= 11 is 0. The summed E-state index contributed by atoms with van der Waals surface area (Å²) in [6, 6.07) is 14.1. The van der Waals surface area contributed by atoms with Gasteiger partial charge in [-0.25, -0.2) is 8.42 Å². The Bertz CT molecular complexity index is 1010. The maximum absolute atomic E-state index is 13.0. The summed E-state index contributed by atoms with van der Waals surface area (Å²) in [5.41, 5.74) is 0.568. The molecule has 8 nitrogen and oxygen atoms in total. The van der Waals surface area contributed by atoms with Crippen LogP contribution in [0, 0.1) is 10.1 Å². The highest BCUT2D eigenvalue weighted by molar-refractivity contribution is 7.89. The third kappa shape index (κ3) is 3.39. The number of nitrogens with zero attached hydrogens (tertiary/aromatic N) is 2. The van der Waals surface area contributed by atoms with Gasteiger partial charge in [-0.05, 0) is 17.7 Å². The van der Waals surface area contributed by atoms with E-state index in [4.69, 9.17) is 9.47 Å². The number of hydrogen-bond donors (Lipinski definition) is 0. The molecule has 2 aliphatic heterocycles. The Hall–Kier alpha value is -2.75. The lowest BCUT2D eigenvalue weighted by atomic mass is 10.2. The number of ether oxygens (including phenoxy) is 2. The molecule has 2 heterocycles. The van der Waals surface area contributed by atoms with E-state index in [0.717, 1.165) is 5.56 Å². The molecule has 0 radical (unpaired) electrons. The van der Waals surface area contributed by atoms with Gasteiger partial charge in [0.15, 0.2) is 4.90 Å². The van der Waals surface area contributed by atoms with Crippen molar-refractivity contribution in [3.05, 3.63) is 82.6 Å². The molecule has 1 saturated heterocycles. The first-order valence-electron chi connectivity index (χ1n) is 8.71. The number of sulfonamides is 1. The summed E-state index contributed by atoms with van der Waals surface area (Å²) in [4.78, 5) is 10.2. The number of hydrogen-bond acceptors (Lipinski definition) is 6. The molecule has 28 heavy (non-hydrogen) atoms. The van der Waals surface area contributed by atoms with Gasteiger partial charge in [0.25, 0.3) is 15.7 Å². The third-order valence-electron chi connectivity index (χ3n) is 4.77. The Labute approximate surface area is 162 Å². The van der Waals surface area contributed by atoms with Crippen LogP contribution in [0.15, 0.2) is 71.8 Å². The van der Waals surface area contributed by atoms with Crippen LogP contribution in [0.4, 0.5) is 5.69 Å². The molecular weight excluding hydrogens is 384 g/mol. The van der Waals surface area contributed by atoms with E-state index in [1.54, 1.807) is 6.08 Å². The number of nitro benzene ring substituents is 1. The van der Waals surface area contributed by atoms with Crippen LogP contribution in [0.25, 0.3) is 0 Å². The maximum atomic E-state index is 13.0. The maximum Gasteiger partial charge on any atom is 0.289 e. The molecule has 9 heteroatoms. The van der Waals surface area contributed by atoms with Gasteiger partial charge in [0, 0.05) is 6.07 Å². The average molecular weight is 402 g/mol. The summed E-state index contributed by atoms with van der Waals surface area (Å²) in [6.07, 6.45) is 2.63. The number of benzene rings is 2. The molecule has 1 unspecified atom stereocenters. The van der Waals surface area contributed by atoms with Crippen molar-refractivity contribution in [2.75, 3.05) is 6.61 Å². The molecule has 0 aromatic heterocycles. The van der Waals surface area contributed by atoms with Crippen LogP contribution in [0.5, 0.6) is 0 Å². The number of rotatable bonds is 7. The third-order valence-corrected chi connectivity index (χ3v) is 6.71. The molecule has 0 aliphatic carbocycles. The van der Waals surface area contributed by atoms with Crippen molar-refractivity contribution in [2.45, 2.75) is 29.7 Å². The van der Waals surface area contributed by atoms with Gasteiger partial charge >= 0.3 is 0 Å². The highest BCUT2D eigenvalue weighted by Gasteiger charge is 2.60. The van der Waals surface area contributed by atoms with Crippen LogP contribution < -0.4 is 0 Å². The molecule has 2 aliphatic rings. The first-order valence-corrected chi connectivity index (χ1v) is 10.1. The molecule has 0 saturated carbocycles. The van der Waals surface area contributed by atoms with Crippen molar-refractivity contribution in [1.29, 1.82) is 0 Å². The van der Waals surface area contributed by atoms with Gasteiger partial charge in [0.1, 0.15) is 6.10 Å². The Kier molecular flexibility index (Phi) is 4.88. The van der Waals surface area contributed by atoms with E-state index in [9.17, 15) is 18.5 Å². The van der Waals surface area contributed by atoms with E-state index >= 15 is 0 Å². The smallest absolute Gasteiger partial charge is 0.289 e. The first kappa shape index (κ1) is 18.6. The van der Waals surface area contributed by atoms with Crippen molar-refractivity contribution < 1.29 is 22.8 Å². The van der Waals surface area contributed by atoms with Crippen molar-refractivity contribution >= 4 is 15.7 Å². The van der Waals surface area contributed by atoms with Gasteiger partial charge in [-0.1, -0.05) is 42.5 Å². The number of para-hydroxylation sites is 1. The van der Waals surface area contributed by atoms with Gasteiger partial charge < -0.3 is 9.47 Å². The van der Waals surface area contributed by atoms with Crippen LogP contribution in [-0.2, 0) is 26.1 Å². The molecule has 0 N–H and O–H groups in total. The van der Waals surface area contributed by atoms with E-state index < -0.39 is 32.8 Å². The van der Waals surface area contributed by atoms with Crippen LogP contribution in [-0.4, -0.2) is 42.4 Å². The molecule has 2 aromatic carbocycles. The monoisotopic (exact) mass is 402 g/mol. The Balaban J connectivity index is 1.48. The predicted molar refractivity (Wildman–Crippen MR) is 99.8 cm³/mol. The van der Waals surface area contributed by atoms with E-state index in [1.807, 2.05) is 30.3 Å². The minimum Gasteiger partial charge on any atom is -0.494 e. The normalized spacial score (nSPS) is 25.6. The molecule has 2 aromatic rings. The zero-order chi connectivity index (χ0) is 19.7. The van der Waals surface area contributed by atoms with Crippen molar-refractivity contribution in [2.24, 2.45) is 0 Å². The highest BCUT2D eigenvalue weighted by atomic mass is 32.2. The van der Waals surface area contributed by atoms with Crippen molar-refractivity contribution in [3.63, 3.8) is 0 Å². The second-order valence-corrected chi connectivity index (χ2v) is 8.36. The second kappa shape index (κ2) is 7.34. The number of nitro groups is 1. The highest BCUT2D eigenvalue weighted by Crippen LogP contribution is 2.43. The van der Waals surface area contributed by atoms with Gasteiger partial charge in [-0.3, -0.25) is 10.1 Å². The fourth-order valence-corrected chi connectivity index (χ4v) is 5.33. The SMILES string of the molecule is O=[N+]([O-])c1ccccc1S(=O)(=O)N1[C@@H]2[C@H]1C=CO[C@@H]2COCc1ccccc1. The molecule has 0 spiro atoms. The Morgan fingerprint density at radius 2 is 1.82 bits per heavy atom. The summed E-state index contributed by atoms with van der Waals surface area (Å²) in [5, 5.41) is 11.2. The number of fused-ring (bicyclic) bond motifs is 1. The van der Waals surface area contributed by atoms with E-state index in [1.165, 1.54) is 34.8 Å². The Morgan fingerprint density at radius 3 is 2.57 bits per heavy atom. The van der Waals surface area contributed by atoms with Gasteiger partial charge in [-0.15, -0.1) is 0 Å². The van der Waals surface area contributed by atoms with Crippen molar-refractivity contribution in [3.8, 4) is 0 Å². The molecule has 146 valence electrons. The van der Waals surface area contributed by atoms with Gasteiger partial charge in [-0.2, -0.15) is 4.31 Å². The van der Waals surface area contributed by atoms with Crippen LogP contribution in [0.1, 0.15) is 5.56 Å². The lowest BCUT2D eigenvalue weighted by Gasteiger charge is -2.18. The first-order chi connectivity index (χ1) is 13.5. The van der Waals surface area contributed by atoms with E-state index in [2.05, 4.69) is 0 Å². The summed E-state index contributed by atoms with van der Waals surface area (Å²) < 4.78 is 38.5. The summed E-state index contributed by atoms with van der Waals surface area (Å²) in [5.74, 6) is 0. The average Bonchev–Trinajstić information content (AvgIpc) is 3.45. The quantitative estimate of drug-likeness (QED) is 0.401. The summed E-state index contributed by atoms with van der Waals surface area (Å²) in [6.45, 7) is 0.599. The topological polar surface area (TPSA) is 98.8 Å². The largest absolute Gasteiger partial charge is 0.494 e. The zero-order valence-corrected chi connectivity index (χ0v) is 15.6. The second-order valence-electron chi connectivity index (χ2n) is 6.54. The fourth-order valence-electron chi connectivity index (χ4n) is 3.40. The van der Waals surface area contributed by atoms with Crippen LogP contribution >= 0.6 is 0 Å². The predicted octanol–water partition coefficient (Wildman–Crippen LogP) is 2.47. The van der Waals surface area contributed by atoms with Gasteiger partial charge in [0.2, 0.25) is 0 Å². The van der Waals surface area contributed by atoms with Crippen LogP contribution in [0.2, 0.25) is 0 Å². The van der Waals surface area contributed by atoms with E-state index in [0.29, 0.717) is 6.61 Å². The lowest BCUT2D eigenvalue weighted by molar-refractivity contribution is -0.387. The fraction of sp³-hybridized carbons (Fsp3) is 0.263. The molecule has 4 atom stereocenters. The minimum atomic E-state index is -4.03. The zero-order valence-electron chi connectivity index (χ0n) is 14.7. The van der Waals surface area contributed by atoms with Crippen molar-refractivity contribution in [1.82, 2.24) is 4.31 Å². The standard InChI is InChI=1S/C19H18N2O6S/c22-21(23)15-8-4-5-9-18(15)28(24,25)20-16-10-11-27-17(19(16)20)13-26-12-14-6-2-1-3-7-14/h1-11,16-17,19H,12-13H2/t16-,17-,19-,20?/m1/s1. The molecule has 0 amide bonds.